The number of nitrogens with one attached hydrogen (secondary N) is 2. The number of benzene rings is 1. The van der Waals surface area contributed by atoms with E-state index in [1.54, 1.807) is 26.8 Å². The van der Waals surface area contributed by atoms with Gasteiger partial charge in [-0.2, -0.15) is 11.6 Å². The summed E-state index contributed by atoms with van der Waals surface area (Å²) in [6, 6.07) is 5.40. The van der Waals surface area contributed by atoms with Gasteiger partial charge in [-0.15, -0.1) is 23.0 Å². The molecule has 0 spiro atoms. The van der Waals surface area contributed by atoms with Crippen LogP contribution in [0.4, 0.5) is 9.93 Å². The fraction of sp³-hybridized carbons (Fsp3) is 0.350. The van der Waals surface area contributed by atoms with Crippen LogP contribution in [0.2, 0.25) is 0 Å². The maximum atomic E-state index is 11.6. The molecule has 0 aliphatic heterocycles. The first-order valence-corrected chi connectivity index (χ1v) is 9.27. The number of rotatable bonds is 7. The molecule has 2 aromatic rings. The third-order valence-electron chi connectivity index (χ3n) is 3.42. The summed E-state index contributed by atoms with van der Waals surface area (Å²) < 4.78 is 5.10. The molecule has 1 atom stereocenters. The van der Waals surface area contributed by atoms with Crippen LogP contribution in [0.15, 0.2) is 23.6 Å². The van der Waals surface area contributed by atoms with Crippen molar-refractivity contribution in [2.24, 2.45) is 0 Å². The molecule has 0 aliphatic carbocycles. The number of aromatic nitrogens is 1. The summed E-state index contributed by atoms with van der Waals surface area (Å²) in [6.07, 6.45) is 0.793. The fourth-order valence-electron chi connectivity index (χ4n) is 2.21. The van der Waals surface area contributed by atoms with Crippen LogP contribution in [-0.2, 0) is 16.0 Å². The van der Waals surface area contributed by atoms with Crippen LogP contribution in [0.5, 0.6) is 0 Å². The van der Waals surface area contributed by atoms with E-state index >= 15 is 0 Å². The van der Waals surface area contributed by atoms with Gasteiger partial charge in [0.1, 0.15) is 11.8 Å². The Morgan fingerprint density at radius 1 is 1.41 bits per heavy atom. The zero-order chi connectivity index (χ0) is 20.0. The van der Waals surface area contributed by atoms with Crippen LogP contribution in [0, 0.1) is 14.4 Å². The molecule has 0 aliphatic rings. The summed E-state index contributed by atoms with van der Waals surface area (Å²) in [7, 11) is 0. The summed E-state index contributed by atoms with van der Waals surface area (Å²) >= 11 is 1.30. The number of carbonyl (C=O) groups excluding carboxylic acids is 2. The Morgan fingerprint density at radius 3 is 2.69 bits per heavy atom. The van der Waals surface area contributed by atoms with Crippen molar-refractivity contribution in [3.05, 3.63) is 49.1 Å². The van der Waals surface area contributed by atoms with E-state index in [0.29, 0.717) is 22.8 Å². The number of alkyl carbamates (subject to hydrolysis) is 1. The third kappa shape index (κ3) is 8.58. The Morgan fingerprint density at radius 2 is 2.10 bits per heavy atom. The first-order chi connectivity index (χ1) is 12.7. The van der Waals surface area contributed by atoms with Gasteiger partial charge in [0, 0.05) is 5.38 Å². The van der Waals surface area contributed by atoms with Crippen LogP contribution >= 0.6 is 11.3 Å². The SMILES string of the molecule is [CH2-]Cc1ccc(-c2csc(NC(O)CNC(=O)OC(C)(C)C)n2)cc1[C-]=O.[CH3-].[Li+]. The molecular formula is C20H26LiN3O4S-2. The number of hydrogen-bond acceptors (Lipinski definition) is 7. The molecule has 3 N–H and O–H groups in total. The second-order valence-electron chi connectivity index (χ2n) is 6.80. The van der Waals surface area contributed by atoms with Gasteiger partial charge in [0.05, 0.1) is 18.5 Å². The molecule has 1 heterocycles. The number of anilines is 1. The van der Waals surface area contributed by atoms with Crippen LogP contribution in [0.3, 0.4) is 0 Å². The number of thiazole rings is 1. The minimum atomic E-state index is -1.02. The molecule has 1 aromatic carbocycles. The van der Waals surface area contributed by atoms with Gasteiger partial charge in [-0.25, -0.2) is 16.2 Å². The van der Waals surface area contributed by atoms with Gasteiger partial charge in [-0.1, -0.05) is 11.6 Å². The number of aliphatic hydroxyl groups is 1. The average molecular weight is 411 g/mol. The fourth-order valence-corrected chi connectivity index (χ4v) is 2.98. The van der Waals surface area contributed by atoms with Gasteiger partial charge in [-0.05, 0) is 20.8 Å². The van der Waals surface area contributed by atoms with Gasteiger partial charge in [-0.3, -0.25) is 0 Å². The van der Waals surface area contributed by atoms with E-state index in [0.717, 1.165) is 11.1 Å². The van der Waals surface area contributed by atoms with E-state index in [9.17, 15) is 14.7 Å². The molecular weight excluding hydrogens is 385 g/mol. The second-order valence-corrected chi connectivity index (χ2v) is 7.66. The van der Waals surface area contributed by atoms with E-state index in [1.165, 1.54) is 11.3 Å². The first kappa shape index (κ1) is 27.1. The number of nitrogens with zero attached hydrogens (tertiary/aromatic N) is 1. The van der Waals surface area contributed by atoms with Gasteiger partial charge in [0.2, 0.25) is 0 Å². The van der Waals surface area contributed by atoms with Crippen molar-refractivity contribution < 1.29 is 38.3 Å². The second kappa shape index (κ2) is 12.0. The Balaban J connectivity index is 0.00000392. The van der Waals surface area contributed by atoms with Crippen LogP contribution < -0.4 is 29.5 Å². The molecule has 0 bridgehead atoms. The van der Waals surface area contributed by atoms with Crippen LogP contribution in [0.1, 0.15) is 31.9 Å². The van der Waals surface area contributed by atoms with E-state index in [1.807, 2.05) is 23.8 Å². The largest absolute Gasteiger partial charge is 1.00 e. The van der Waals surface area contributed by atoms with Crippen LogP contribution in [-0.4, -0.2) is 40.8 Å². The van der Waals surface area contributed by atoms with Crippen molar-refractivity contribution in [3.63, 3.8) is 0 Å². The summed E-state index contributed by atoms with van der Waals surface area (Å²) in [5, 5.41) is 17.6. The molecule has 0 saturated heterocycles. The van der Waals surface area contributed by atoms with Gasteiger partial charge in [0.15, 0.2) is 5.13 Å². The predicted octanol–water partition coefficient (Wildman–Crippen LogP) is 0.354. The molecule has 1 amide bonds. The predicted molar refractivity (Wildman–Crippen MR) is 112 cm³/mol. The molecule has 1 unspecified atom stereocenters. The number of aliphatic hydroxyl groups excluding tert-OH is 1. The van der Waals surface area contributed by atoms with Crippen LogP contribution in [0.25, 0.3) is 11.3 Å². The van der Waals surface area contributed by atoms with E-state index < -0.39 is 17.9 Å². The van der Waals surface area contributed by atoms with Gasteiger partial charge < -0.3 is 39.6 Å². The summed E-state index contributed by atoms with van der Waals surface area (Å²) in [4.78, 5) is 27.1. The molecule has 0 fully saturated rings. The van der Waals surface area contributed by atoms with E-state index in [-0.39, 0.29) is 32.8 Å². The minimum absolute atomic E-state index is 0. The molecule has 9 heteroatoms. The number of amides is 1. The first-order valence-electron chi connectivity index (χ1n) is 8.39. The average Bonchev–Trinajstić information content (AvgIpc) is 3.06. The molecule has 29 heavy (non-hydrogen) atoms. The van der Waals surface area contributed by atoms with E-state index in [2.05, 4.69) is 22.5 Å². The molecule has 1 aromatic heterocycles. The quantitative estimate of drug-likeness (QED) is 0.346. The van der Waals surface area contributed by atoms with Crippen molar-refractivity contribution in [3.8, 4) is 11.3 Å². The molecule has 0 saturated carbocycles. The van der Waals surface area contributed by atoms with Gasteiger partial charge >= 0.3 is 25.0 Å². The summed E-state index contributed by atoms with van der Waals surface area (Å²) in [5.74, 6) is 0. The number of ether oxygens (including phenoxy) is 1. The molecule has 0 radical (unpaired) electrons. The number of carbonyl (C=O) groups is 1. The molecule has 2 rings (SSSR count). The smallest absolute Gasteiger partial charge is 0.444 e. The Hall–Kier alpha value is -1.85. The Kier molecular flexibility index (Phi) is 11.2. The molecule has 7 nitrogen and oxygen atoms in total. The standard InChI is InChI=1S/C19H23N3O4S.CH3.Li/c1-5-12-6-7-13(8-14(12)10-23)15-11-27-17(21-15)22-16(24)9-20-18(25)26-19(2,3)4;;/h6-8,11,16,24H,1,5,9H2,2-4H3,(H,20,25)(H,21,22);1H3;/q-2;-1;+1. The zero-order valence-corrected chi connectivity index (χ0v) is 18.4. The normalized spacial score (nSPS) is 11.5. The monoisotopic (exact) mass is 411 g/mol. The minimum Gasteiger partial charge on any atom is -0.444 e. The topological polar surface area (TPSA) is 101 Å². The summed E-state index contributed by atoms with van der Waals surface area (Å²) in [6.45, 7) is 9.03. The Labute approximate surface area is 188 Å². The van der Waals surface area contributed by atoms with E-state index in [4.69, 9.17) is 4.74 Å². The van der Waals surface area contributed by atoms with Crippen molar-refractivity contribution in [1.82, 2.24) is 10.3 Å². The maximum absolute atomic E-state index is 11.6. The summed E-state index contributed by atoms with van der Waals surface area (Å²) in [5.41, 5.74) is 2.13. The molecule has 154 valence electrons. The van der Waals surface area contributed by atoms with Gasteiger partial charge in [0.25, 0.3) is 0 Å². The number of hydrogen-bond donors (Lipinski definition) is 3. The van der Waals surface area contributed by atoms with Crippen molar-refractivity contribution in [2.75, 3.05) is 11.9 Å². The van der Waals surface area contributed by atoms with Crippen molar-refractivity contribution in [2.45, 2.75) is 39.0 Å². The third-order valence-corrected chi connectivity index (χ3v) is 4.19. The Bertz CT molecular complexity index is 805. The van der Waals surface area contributed by atoms with Crippen molar-refractivity contribution in [1.29, 1.82) is 0 Å². The zero-order valence-electron chi connectivity index (χ0n) is 17.5. The van der Waals surface area contributed by atoms with Crippen molar-refractivity contribution >= 4 is 28.8 Å². The maximum Gasteiger partial charge on any atom is 1.00 e.